The summed E-state index contributed by atoms with van der Waals surface area (Å²) in [6, 6.07) is 54.8. The third-order valence-corrected chi connectivity index (χ3v) is 9.45. The van der Waals surface area contributed by atoms with E-state index >= 15 is 0 Å². The Morgan fingerprint density at radius 2 is 1.00 bits per heavy atom. The van der Waals surface area contributed by atoms with Gasteiger partial charge in [0.15, 0.2) is 17.5 Å². The standard InChI is InChI=1S/C44H27N5/c1-2-13-29(14-3-1)42-46-43(30-15-10-16-32(26-30)49-38-22-8-6-18-34(38)35-19-7-9-23-39(35)49)48-44(47-42)37-21-11-20-36-40-31(27-45-41(36)37)25-24-28-12-4-5-17-33(28)40/h1-27H. The minimum absolute atomic E-state index is 0.587. The maximum atomic E-state index is 5.17. The highest BCUT2D eigenvalue weighted by Gasteiger charge is 2.18. The van der Waals surface area contributed by atoms with Gasteiger partial charge in [-0.2, -0.15) is 0 Å². The first-order valence-corrected chi connectivity index (χ1v) is 16.4. The molecule has 3 heterocycles. The third kappa shape index (κ3) is 4.40. The molecule has 0 aliphatic carbocycles. The fourth-order valence-corrected chi connectivity index (χ4v) is 7.22. The molecule has 5 heteroatoms. The van der Waals surface area contributed by atoms with Gasteiger partial charge in [-0.3, -0.25) is 4.98 Å². The van der Waals surface area contributed by atoms with Gasteiger partial charge in [0.25, 0.3) is 0 Å². The van der Waals surface area contributed by atoms with E-state index in [9.17, 15) is 0 Å². The summed E-state index contributed by atoms with van der Waals surface area (Å²) in [5.74, 6) is 1.81. The Kier molecular flexibility index (Phi) is 6.11. The van der Waals surface area contributed by atoms with Gasteiger partial charge < -0.3 is 4.57 Å². The van der Waals surface area contributed by atoms with Gasteiger partial charge in [0.1, 0.15) is 0 Å². The van der Waals surface area contributed by atoms with E-state index in [2.05, 4.69) is 132 Å². The van der Waals surface area contributed by atoms with Gasteiger partial charge in [-0.25, -0.2) is 15.0 Å². The Morgan fingerprint density at radius 1 is 0.408 bits per heavy atom. The van der Waals surface area contributed by atoms with Crippen molar-refractivity contribution in [1.82, 2.24) is 24.5 Å². The lowest BCUT2D eigenvalue weighted by atomic mass is 9.98. The second-order valence-electron chi connectivity index (χ2n) is 12.3. The number of hydrogen-bond donors (Lipinski definition) is 0. The van der Waals surface area contributed by atoms with Crippen molar-refractivity contribution in [2.24, 2.45) is 0 Å². The molecule has 0 aliphatic rings. The van der Waals surface area contributed by atoms with Crippen LogP contribution in [0.2, 0.25) is 0 Å². The molecule has 10 aromatic rings. The summed E-state index contributed by atoms with van der Waals surface area (Å²) in [6.07, 6.45) is 1.96. The van der Waals surface area contributed by atoms with Gasteiger partial charge in [0, 0.05) is 55.5 Å². The maximum absolute atomic E-state index is 5.17. The molecule has 5 nitrogen and oxygen atoms in total. The lowest BCUT2D eigenvalue weighted by molar-refractivity contribution is 1.07. The molecule has 49 heavy (non-hydrogen) atoms. The summed E-state index contributed by atoms with van der Waals surface area (Å²) in [7, 11) is 0. The van der Waals surface area contributed by atoms with Crippen molar-refractivity contribution in [3.63, 3.8) is 0 Å². The van der Waals surface area contributed by atoms with E-state index in [4.69, 9.17) is 19.9 Å². The summed E-state index contributed by atoms with van der Waals surface area (Å²) in [6.45, 7) is 0. The fraction of sp³-hybridized carbons (Fsp3) is 0. The monoisotopic (exact) mass is 625 g/mol. The highest BCUT2D eigenvalue weighted by atomic mass is 15.0. The number of benzene rings is 7. The zero-order valence-electron chi connectivity index (χ0n) is 26.3. The van der Waals surface area contributed by atoms with Gasteiger partial charge in [-0.15, -0.1) is 0 Å². The predicted molar refractivity (Wildman–Crippen MR) is 201 cm³/mol. The molecule has 0 radical (unpaired) electrons. The topological polar surface area (TPSA) is 56.5 Å². The lowest BCUT2D eigenvalue weighted by Gasteiger charge is -2.13. The Labute approximate surface area is 281 Å². The van der Waals surface area contributed by atoms with Crippen molar-refractivity contribution in [2.45, 2.75) is 0 Å². The van der Waals surface area contributed by atoms with E-state index in [0.717, 1.165) is 49.7 Å². The highest BCUT2D eigenvalue weighted by Crippen LogP contribution is 2.36. The summed E-state index contributed by atoms with van der Waals surface area (Å²) >= 11 is 0. The van der Waals surface area contributed by atoms with Crippen LogP contribution in [0.15, 0.2) is 164 Å². The molecule has 0 fully saturated rings. The fourth-order valence-electron chi connectivity index (χ4n) is 7.22. The van der Waals surface area contributed by atoms with Crippen molar-refractivity contribution in [3.8, 4) is 39.9 Å². The van der Waals surface area contributed by atoms with Crippen LogP contribution in [0.25, 0.3) is 94.1 Å². The van der Waals surface area contributed by atoms with Gasteiger partial charge >= 0.3 is 0 Å². The van der Waals surface area contributed by atoms with E-state index in [1.165, 1.54) is 26.9 Å². The first-order chi connectivity index (χ1) is 24.3. The molecule has 0 saturated heterocycles. The van der Waals surface area contributed by atoms with Crippen LogP contribution in [0.4, 0.5) is 0 Å². The van der Waals surface area contributed by atoms with Crippen LogP contribution in [-0.4, -0.2) is 24.5 Å². The van der Waals surface area contributed by atoms with Crippen LogP contribution in [-0.2, 0) is 0 Å². The van der Waals surface area contributed by atoms with E-state index in [1.54, 1.807) is 0 Å². The highest BCUT2D eigenvalue weighted by molar-refractivity contribution is 6.20. The molecule has 0 spiro atoms. The summed E-state index contributed by atoms with van der Waals surface area (Å²) in [5.41, 5.74) is 6.92. The van der Waals surface area contributed by atoms with Crippen molar-refractivity contribution in [3.05, 3.63) is 164 Å². The van der Waals surface area contributed by atoms with Crippen molar-refractivity contribution < 1.29 is 0 Å². The van der Waals surface area contributed by atoms with Gasteiger partial charge in [-0.05, 0) is 41.1 Å². The molecule has 3 aromatic heterocycles. The SMILES string of the molecule is c1ccc(-c2nc(-c3cccc(-n4c5ccccc5c5ccccc54)c3)nc(-c3cccc4c3ncc3ccc5ccccc5c34)n2)cc1. The number of hydrogen-bond acceptors (Lipinski definition) is 4. The molecule has 0 N–H and O–H groups in total. The van der Waals surface area contributed by atoms with Crippen molar-refractivity contribution >= 4 is 54.3 Å². The molecular formula is C44H27N5. The van der Waals surface area contributed by atoms with Crippen LogP contribution in [0.1, 0.15) is 0 Å². The number of nitrogens with zero attached hydrogens (tertiary/aromatic N) is 5. The Balaban J connectivity index is 1.20. The Hall–Kier alpha value is -6.72. The predicted octanol–water partition coefficient (Wildman–Crippen LogP) is 10.8. The number of aromatic nitrogens is 5. The summed E-state index contributed by atoms with van der Waals surface area (Å²) in [4.78, 5) is 20.3. The lowest BCUT2D eigenvalue weighted by Crippen LogP contribution is -2.02. The zero-order chi connectivity index (χ0) is 32.3. The number of fused-ring (bicyclic) bond motifs is 8. The van der Waals surface area contributed by atoms with E-state index in [0.29, 0.717) is 17.5 Å². The second-order valence-corrected chi connectivity index (χ2v) is 12.3. The molecule has 7 aromatic carbocycles. The molecule has 0 amide bonds. The van der Waals surface area contributed by atoms with Crippen molar-refractivity contribution in [1.29, 1.82) is 0 Å². The van der Waals surface area contributed by atoms with Crippen LogP contribution < -0.4 is 0 Å². The molecule has 0 aliphatic heterocycles. The molecule has 228 valence electrons. The summed E-state index contributed by atoms with van der Waals surface area (Å²) in [5, 5.41) is 8.20. The molecule has 0 unspecified atom stereocenters. The van der Waals surface area contributed by atoms with E-state index in [-0.39, 0.29) is 0 Å². The number of rotatable bonds is 4. The average molecular weight is 626 g/mol. The van der Waals surface area contributed by atoms with Gasteiger partial charge in [-0.1, -0.05) is 127 Å². The Bertz CT molecular complexity index is 2840. The molecule has 0 bridgehead atoms. The largest absolute Gasteiger partial charge is 0.309 e. The zero-order valence-corrected chi connectivity index (χ0v) is 26.3. The Morgan fingerprint density at radius 3 is 1.80 bits per heavy atom. The average Bonchev–Trinajstić information content (AvgIpc) is 3.52. The van der Waals surface area contributed by atoms with Crippen molar-refractivity contribution in [2.75, 3.05) is 0 Å². The second kappa shape index (κ2) is 10.9. The number of para-hydroxylation sites is 3. The quantitative estimate of drug-likeness (QED) is 0.183. The van der Waals surface area contributed by atoms with Crippen LogP contribution in [0.5, 0.6) is 0 Å². The summed E-state index contributed by atoms with van der Waals surface area (Å²) < 4.78 is 2.32. The first kappa shape index (κ1) is 27.4. The van der Waals surface area contributed by atoms with Crippen LogP contribution in [0, 0.1) is 0 Å². The van der Waals surface area contributed by atoms with E-state index < -0.39 is 0 Å². The first-order valence-electron chi connectivity index (χ1n) is 16.4. The molecule has 0 saturated carbocycles. The van der Waals surface area contributed by atoms with Gasteiger partial charge in [0.05, 0.1) is 16.6 Å². The minimum atomic E-state index is 0.587. The third-order valence-electron chi connectivity index (χ3n) is 9.45. The molecular weight excluding hydrogens is 599 g/mol. The minimum Gasteiger partial charge on any atom is -0.309 e. The smallest absolute Gasteiger partial charge is 0.166 e. The van der Waals surface area contributed by atoms with Crippen LogP contribution >= 0.6 is 0 Å². The van der Waals surface area contributed by atoms with Crippen LogP contribution in [0.3, 0.4) is 0 Å². The van der Waals surface area contributed by atoms with E-state index in [1.807, 2.05) is 36.5 Å². The molecule has 0 atom stereocenters. The normalized spacial score (nSPS) is 11.7. The number of pyridine rings is 1. The van der Waals surface area contributed by atoms with Gasteiger partial charge in [0.2, 0.25) is 0 Å². The molecule has 10 rings (SSSR count). The maximum Gasteiger partial charge on any atom is 0.166 e.